The Balaban J connectivity index is 4.38. The van der Waals surface area contributed by atoms with Crippen molar-refractivity contribution >= 4 is 16.0 Å². The second-order valence-corrected chi connectivity index (χ2v) is 6.75. The lowest BCUT2D eigenvalue weighted by molar-refractivity contribution is -0.139. The third-order valence-corrected chi connectivity index (χ3v) is 3.48. The molecule has 6 nitrogen and oxygen atoms in total. The maximum Gasteiger partial charge on any atom is 0.321 e. The molecule has 0 amide bonds. The van der Waals surface area contributed by atoms with Gasteiger partial charge in [0.2, 0.25) is 10.0 Å². The second-order valence-electron chi connectivity index (χ2n) is 4.88. The Bertz CT molecular complexity index is 350. The first-order valence-corrected chi connectivity index (χ1v) is 7.63. The van der Waals surface area contributed by atoms with Crippen molar-refractivity contribution in [2.75, 3.05) is 12.4 Å². The molecule has 0 saturated heterocycles. The molecule has 0 aliphatic carbocycles. The van der Waals surface area contributed by atoms with Gasteiger partial charge in [0.15, 0.2) is 0 Å². The molecule has 108 valence electrons. The van der Waals surface area contributed by atoms with Gasteiger partial charge in [0.1, 0.15) is 6.04 Å². The number of nitrogens with one attached hydrogen (secondary N) is 1. The number of carboxylic acid groups (broad SMARTS) is 1. The van der Waals surface area contributed by atoms with E-state index in [9.17, 15) is 13.2 Å². The Hall–Kier alpha value is -0.660. The van der Waals surface area contributed by atoms with Crippen molar-refractivity contribution in [1.82, 2.24) is 4.72 Å². The molecule has 1 atom stereocenters. The van der Waals surface area contributed by atoms with Gasteiger partial charge in [-0.3, -0.25) is 4.79 Å². The number of carbonyl (C=O) groups is 1. The highest BCUT2D eigenvalue weighted by atomic mass is 32.2. The van der Waals surface area contributed by atoms with Crippen LogP contribution in [0.15, 0.2) is 0 Å². The van der Waals surface area contributed by atoms with Gasteiger partial charge in [-0.15, -0.1) is 0 Å². The van der Waals surface area contributed by atoms with Gasteiger partial charge in [-0.25, -0.2) is 13.1 Å². The summed E-state index contributed by atoms with van der Waals surface area (Å²) in [6.07, 6.45) is 0.214. The van der Waals surface area contributed by atoms with Crippen LogP contribution in [-0.4, -0.2) is 44.0 Å². The molecule has 0 aromatic heterocycles. The zero-order chi connectivity index (χ0) is 14.3. The Morgan fingerprint density at radius 1 is 1.28 bits per heavy atom. The van der Waals surface area contributed by atoms with Crippen LogP contribution in [0.1, 0.15) is 34.1 Å². The molecule has 18 heavy (non-hydrogen) atoms. The van der Waals surface area contributed by atoms with Crippen LogP contribution in [-0.2, 0) is 19.6 Å². The lowest BCUT2D eigenvalue weighted by Crippen LogP contribution is -2.43. The van der Waals surface area contributed by atoms with Gasteiger partial charge in [0.05, 0.1) is 18.5 Å². The molecule has 0 aromatic carbocycles. The quantitative estimate of drug-likeness (QED) is 0.653. The molecule has 0 bridgehead atoms. The SMILES string of the molecule is CC(C)C[C@H](NS(=O)(=O)CCOC(C)C)C(=O)O. The minimum absolute atomic E-state index is 0.0499. The van der Waals surface area contributed by atoms with E-state index >= 15 is 0 Å². The summed E-state index contributed by atoms with van der Waals surface area (Å²) < 4.78 is 30.6. The minimum Gasteiger partial charge on any atom is -0.480 e. The van der Waals surface area contributed by atoms with Gasteiger partial charge in [0.25, 0.3) is 0 Å². The topological polar surface area (TPSA) is 92.7 Å². The summed E-state index contributed by atoms with van der Waals surface area (Å²) in [5.41, 5.74) is 0. The minimum atomic E-state index is -3.62. The predicted octanol–water partition coefficient (Wildman–Crippen LogP) is 0.830. The summed E-state index contributed by atoms with van der Waals surface area (Å²) in [5, 5.41) is 8.94. The molecule has 0 saturated carbocycles. The van der Waals surface area contributed by atoms with E-state index in [2.05, 4.69) is 4.72 Å². The summed E-state index contributed by atoms with van der Waals surface area (Å²) in [5.74, 6) is -1.29. The van der Waals surface area contributed by atoms with Gasteiger partial charge in [0, 0.05) is 0 Å². The number of sulfonamides is 1. The van der Waals surface area contributed by atoms with Gasteiger partial charge in [-0.1, -0.05) is 13.8 Å². The molecule has 2 N–H and O–H groups in total. The maximum atomic E-state index is 11.7. The van der Waals surface area contributed by atoms with Gasteiger partial charge in [-0.05, 0) is 26.2 Å². The first-order chi connectivity index (χ1) is 8.14. The number of carboxylic acids is 1. The average Bonchev–Trinajstić information content (AvgIpc) is 2.14. The van der Waals surface area contributed by atoms with E-state index < -0.39 is 22.0 Å². The van der Waals surface area contributed by atoms with Crippen LogP contribution in [0.4, 0.5) is 0 Å². The summed E-state index contributed by atoms with van der Waals surface area (Å²) in [6, 6.07) is -1.07. The fraction of sp³-hybridized carbons (Fsp3) is 0.909. The monoisotopic (exact) mass is 281 g/mol. The molecule has 0 aliphatic heterocycles. The molecular formula is C11H23NO5S. The summed E-state index contributed by atoms with van der Waals surface area (Å²) in [6.45, 7) is 7.34. The highest BCUT2D eigenvalue weighted by molar-refractivity contribution is 7.89. The molecule has 0 aromatic rings. The Morgan fingerprint density at radius 2 is 1.83 bits per heavy atom. The van der Waals surface area contributed by atoms with Crippen molar-refractivity contribution in [3.63, 3.8) is 0 Å². The highest BCUT2D eigenvalue weighted by Crippen LogP contribution is 2.06. The van der Waals surface area contributed by atoms with Crippen LogP contribution in [0, 0.1) is 5.92 Å². The molecule has 0 spiro atoms. The normalized spacial score (nSPS) is 14.1. The van der Waals surface area contributed by atoms with E-state index in [0.29, 0.717) is 0 Å². The fourth-order valence-electron chi connectivity index (χ4n) is 1.34. The summed E-state index contributed by atoms with van der Waals surface area (Å²) >= 11 is 0. The van der Waals surface area contributed by atoms with Crippen LogP contribution in [0.25, 0.3) is 0 Å². The van der Waals surface area contributed by atoms with Crippen LogP contribution in [0.3, 0.4) is 0 Å². The third-order valence-electron chi connectivity index (χ3n) is 2.13. The molecule has 0 rings (SSSR count). The van der Waals surface area contributed by atoms with Crippen LogP contribution in [0.5, 0.6) is 0 Å². The molecular weight excluding hydrogens is 258 g/mol. The molecule has 0 aliphatic rings. The molecule has 7 heteroatoms. The smallest absolute Gasteiger partial charge is 0.321 e. The maximum absolute atomic E-state index is 11.7. The van der Waals surface area contributed by atoms with E-state index in [-0.39, 0.29) is 30.8 Å². The molecule has 0 fully saturated rings. The number of aliphatic carboxylic acids is 1. The molecule has 0 radical (unpaired) electrons. The van der Waals surface area contributed by atoms with Crippen molar-refractivity contribution in [3.05, 3.63) is 0 Å². The first kappa shape index (κ1) is 17.3. The van der Waals surface area contributed by atoms with Gasteiger partial charge in [-0.2, -0.15) is 0 Å². The summed E-state index contributed by atoms with van der Waals surface area (Å²) in [7, 11) is -3.62. The van der Waals surface area contributed by atoms with E-state index in [1.54, 1.807) is 13.8 Å². The first-order valence-electron chi connectivity index (χ1n) is 5.98. The van der Waals surface area contributed by atoms with Crippen LogP contribution >= 0.6 is 0 Å². The number of hydrogen-bond acceptors (Lipinski definition) is 4. The Labute approximate surface area is 109 Å². The van der Waals surface area contributed by atoms with E-state index in [0.717, 1.165) is 0 Å². The average molecular weight is 281 g/mol. The fourth-order valence-corrected chi connectivity index (χ4v) is 2.40. The second kappa shape index (κ2) is 7.70. The predicted molar refractivity (Wildman–Crippen MR) is 68.9 cm³/mol. The number of hydrogen-bond donors (Lipinski definition) is 2. The van der Waals surface area contributed by atoms with Crippen molar-refractivity contribution in [1.29, 1.82) is 0 Å². The highest BCUT2D eigenvalue weighted by Gasteiger charge is 2.24. The van der Waals surface area contributed by atoms with Gasteiger partial charge >= 0.3 is 5.97 Å². The van der Waals surface area contributed by atoms with Crippen molar-refractivity contribution in [3.8, 4) is 0 Å². The standard InChI is InChI=1S/C11H23NO5S/c1-8(2)7-10(11(13)14)12-18(15,16)6-5-17-9(3)4/h8-10,12H,5-7H2,1-4H3,(H,13,14)/t10-/m0/s1. The van der Waals surface area contributed by atoms with Crippen LogP contribution in [0.2, 0.25) is 0 Å². The third kappa shape index (κ3) is 8.43. The van der Waals surface area contributed by atoms with E-state index in [4.69, 9.17) is 9.84 Å². The lowest BCUT2D eigenvalue weighted by atomic mass is 10.1. The number of rotatable bonds is 9. The van der Waals surface area contributed by atoms with Crippen LogP contribution < -0.4 is 4.72 Å². The van der Waals surface area contributed by atoms with Crippen molar-refractivity contribution in [2.24, 2.45) is 5.92 Å². The zero-order valence-corrected chi connectivity index (χ0v) is 12.2. The largest absolute Gasteiger partial charge is 0.480 e. The summed E-state index contributed by atoms with van der Waals surface area (Å²) in [4.78, 5) is 10.9. The van der Waals surface area contributed by atoms with Crippen molar-refractivity contribution < 1.29 is 23.1 Å². The zero-order valence-electron chi connectivity index (χ0n) is 11.3. The lowest BCUT2D eigenvalue weighted by Gasteiger charge is -2.16. The Morgan fingerprint density at radius 3 is 2.22 bits per heavy atom. The van der Waals surface area contributed by atoms with Gasteiger partial charge < -0.3 is 9.84 Å². The molecule has 0 heterocycles. The van der Waals surface area contributed by atoms with E-state index in [1.165, 1.54) is 0 Å². The molecule has 0 unspecified atom stereocenters. The van der Waals surface area contributed by atoms with E-state index in [1.807, 2.05) is 13.8 Å². The Kier molecular flexibility index (Phi) is 7.42. The number of ether oxygens (including phenoxy) is 1. The van der Waals surface area contributed by atoms with Crippen molar-refractivity contribution in [2.45, 2.75) is 46.3 Å².